The number of nitrogens with one attached hydrogen (secondary N) is 4. The molecule has 0 radical (unpaired) electrons. The van der Waals surface area contributed by atoms with Gasteiger partial charge in [0.1, 0.15) is 23.7 Å². The average molecular weight is 819 g/mol. The number of hydrogen-bond acceptors (Lipinski definition) is 8. The molecule has 2 fully saturated rings. The van der Waals surface area contributed by atoms with Gasteiger partial charge >= 0.3 is 12.2 Å². The van der Waals surface area contributed by atoms with E-state index >= 15 is 0 Å². The van der Waals surface area contributed by atoms with Crippen LogP contribution in [-0.4, -0.2) is 92.6 Å². The van der Waals surface area contributed by atoms with Crippen molar-refractivity contribution in [1.29, 1.82) is 0 Å². The number of ether oxygens (including phenoxy) is 2. The average Bonchev–Trinajstić information content (AvgIpc) is 4.09. The Morgan fingerprint density at radius 3 is 2.10 bits per heavy atom. The van der Waals surface area contributed by atoms with E-state index in [0.717, 1.165) is 70.7 Å². The monoisotopic (exact) mass is 818 g/mol. The lowest BCUT2D eigenvalue weighted by Gasteiger charge is -2.37. The van der Waals surface area contributed by atoms with E-state index in [2.05, 4.69) is 67.8 Å². The number of nitrogens with zero attached hydrogens (tertiary/aromatic N) is 4. The fourth-order valence-corrected chi connectivity index (χ4v) is 8.64. The van der Waals surface area contributed by atoms with Gasteiger partial charge in [-0.2, -0.15) is 0 Å². The number of piperidine rings is 1. The van der Waals surface area contributed by atoms with Gasteiger partial charge in [0.2, 0.25) is 11.8 Å². The van der Waals surface area contributed by atoms with Crippen molar-refractivity contribution in [2.24, 2.45) is 17.8 Å². The molecule has 1 aliphatic heterocycles. The number of likely N-dealkylation sites (tertiary alicyclic amines) is 1. The molecule has 6 atom stereocenters. The molecule has 0 unspecified atom stereocenters. The summed E-state index contributed by atoms with van der Waals surface area (Å²) in [5.41, 5.74) is 6.35. The van der Waals surface area contributed by atoms with Crippen LogP contribution in [0.3, 0.4) is 0 Å². The van der Waals surface area contributed by atoms with Crippen LogP contribution in [0.4, 0.5) is 9.59 Å². The summed E-state index contributed by atoms with van der Waals surface area (Å²) in [4.78, 5) is 72.1. The Bertz CT molecular complexity index is 2230. The van der Waals surface area contributed by atoms with Crippen molar-refractivity contribution >= 4 is 24.0 Å². The minimum absolute atomic E-state index is 0.102. The molecule has 2 aliphatic rings. The Balaban J connectivity index is 1.20. The van der Waals surface area contributed by atoms with Crippen molar-refractivity contribution in [1.82, 2.24) is 40.4 Å². The van der Waals surface area contributed by atoms with Gasteiger partial charge in [-0.25, -0.2) is 19.6 Å². The highest BCUT2D eigenvalue weighted by atomic mass is 16.5. The van der Waals surface area contributed by atoms with Crippen LogP contribution in [0.5, 0.6) is 0 Å². The van der Waals surface area contributed by atoms with Crippen LogP contribution < -0.4 is 10.6 Å². The van der Waals surface area contributed by atoms with Crippen molar-refractivity contribution < 1.29 is 28.7 Å². The molecule has 2 aromatic heterocycles. The zero-order valence-corrected chi connectivity index (χ0v) is 36.1. The summed E-state index contributed by atoms with van der Waals surface area (Å²) in [6.07, 6.45) is 5.94. The van der Waals surface area contributed by atoms with Gasteiger partial charge in [0.05, 0.1) is 50.1 Å². The minimum Gasteiger partial charge on any atom is -0.453 e. The molecule has 1 aliphatic carbocycles. The lowest BCUT2D eigenvalue weighted by Crippen LogP contribution is -2.54. The number of benzene rings is 2. The molecule has 1 saturated carbocycles. The highest BCUT2D eigenvalue weighted by molar-refractivity contribution is 5.87. The molecule has 60 heavy (non-hydrogen) atoms. The fourth-order valence-electron chi connectivity index (χ4n) is 8.64. The maximum atomic E-state index is 14.0. The lowest BCUT2D eigenvalue weighted by molar-refractivity contribution is -0.139. The first-order valence-corrected chi connectivity index (χ1v) is 20.9. The second kappa shape index (κ2) is 18.9. The molecule has 6 rings (SSSR count). The number of carbonyl (C=O) groups excluding carboxylic acids is 4. The van der Waals surface area contributed by atoms with Gasteiger partial charge in [0.25, 0.3) is 0 Å². The summed E-state index contributed by atoms with van der Waals surface area (Å²) >= 11 is 0. The smallest absolute Gasteiger partial charge is 0.407 e. The van der Waals surface area contributed by atoms with Gasteiger partial charge in [-0.3, -0.25) is 9.59 Å². The Morgan fingerprint density at radius 1 is 0.850 bits per heavy atom. The molecule has 4 amide bonds. The predicted octanol–water partition coefficient (Wildman–Crippen LogP) is 7.62. The van der Waals surface area contributed by atoms with E-state index in [1.54, 1.807) is 11.1 Å². The van der Waals surface area contributed by atoms with E-state index < -0.39 is 24.3 Å². The van der Waals surface area contributed by atoms with E-state index in [1.165, 1.54) is 14.2 Å². The number of aromatic amines is 2. The Labute approximate surface area is 352 Å². The van der Waals surface area contributed by atoms with Crippen LogP contribution >= 0.6 is 0 Å². The Morgan fingerprint density at radius 2 is 1.47 bits per heavy atom. The first kappa shape index (κ1) is 43.5. The summed E-state index contributed by atoms with van der Waals surface area (Å²) in [7, 11) is 2.58. The second-order valence-electron chi connectivity index (χ2n) is 16.4. The van der Waals surface area contributed by atoms with Crippen LogP contribution in [0.2, 0.25) is 0 Å². The predicted molar refractivity (Wildman–Crippen MR) is 229 cm³/mol. The number of hydrogen-bond donors (Lipinski definition) is 4. The maximum absolute atomic E-state index is 14.0. The largest absolute Gasteiger partial charge is 0.453 e. The molecular weight excluding hydrogens is 761 g/mol. The molecule has 318 valence electrons. The van der Waals surface area contributed by atoms with Gasteiger partial charge in [-0.1, -0.05) is 76.9 Å². The van der Waals surface area contributed by atoms with E-state index in [4.69, 9.17) is 14.5 Å². The summed E-state index contributed by atoms with van der Waals surface area (Å²) in [6, 6.07) is 12.5. The second-order valence-corrected chi connectivity index (χ2v) is 16.4. The third-order valence-corrected chi connectivity index (χ3v) is 11.8. The van der Waals surface area contributed by atoms with Crippen molar-refractivity contribution in [2.75, 3.05) is 20.8 Å². The quantitative estimate of drug-likeness (QED) is 0.0941. The number of aromatic nitrogens is 4. The van der Waals surface area contributed by atoms with E-state index in [0.29, 0.717) is 12.4 Å². The van der Waals surface area contributed by atoms with Crippen LogP contribution in [0.25, 0.3) is 33.6 Å². The summed E-state index contributed by atoms with van der Waals surface area (Å²) in [5.74, 6) is 7.47. The van der Waals surface area contributed by atoms with E-state index in [9.17, 15) is 19.2 Å². The van der Waals surface area contributed by atoms with E-state index in [1.807, 2.05) is 71.7 Å². The number of H-pyrrole nitrogens is 2. The molecule has 2 aromatic carbocycles. The molecule has 14 nitrogen and oxygen atoms in total. The third-order valence-electron chi connectivity index (χ3n) is 11.8. The van der Waals surface area contributed by atoms with Crippen LogP contribution in [0.15, 0.2) is 54.9 Å². The lowest BCUT2D eigenvalue weighted by atomic mass is 9.95. The first-order chi connectivity index (χ1) is 28.8. The van der Waals surface area contributed by atoms with Gasteiger partial charge < -0.3 is 39.9 Å². The number of carbonyl (C=O) groups is 4. The molecular formula is C46H58N8O6. The fraction of sp³-hybridized carbons (Fsp3) is 0.478. The molecule has 4 N–H and O–H groups in total. The van der Waals surface area contributed by atoms with Gasteiger partial charge in [0, 0.05) is 23.7 Å². The summed E-state index contributed by atoms with van der Waals surface area (Å²) in [5, 5.41) is 5.45. The third kappa shape index (κ3) is 9.05. The summed E-state index contributed by atoms with van der Waals surface area (Å²) in [6.45, 7) is 13.9. The highest BCUT2D eigenvalue weighted by Crippen LogP contribution is 2.50. The van der Waals surface area contributed by atoms with Gasteiger partial charge in [-0.05, 0) is 80.0 Å². The van der Waals surface area contributed by atoms with Crippen LogP contribution in [0.1, 0.15) is 103 Å². The molecule has 3 heterocycles. The van der Waals surface area contributed by atoms with Gasteiger partial charge in [-0.15, -0.1) is 5.92 Å². The van der Waals surface area contributed by atoms with Crippen molar-refractivity contribution in [3.8, 4) is 45.5 Å². The normalized spacial score (nSPS) is 18.4. The number of alkyl carbamates (subject to hydrolysis) is 2. The number of rotatable bonds is 14. The number of methoxy groups -OCH3 is 2. The Hall–Kier alpha value is -6.10. The van der Waals surface area contributed by atoms with Crippen molar-refractivity contribution in [3.05, 3.63) is 72.1 Å². The Kier molecular flexibility index (Phi) is 13.7. The molecule has 4 aromatic rings. The molecule has 2 bridgehead atoms. The zero-order valence-electron chi connectivity index (χ0n) is 36.1. The highest BCUT2D eigenvalue weighted by Gasteiger charge is 2.51. The topological polar surface area (TPSA) is 175 Å². The van der Waals surface area contributed by atoms with Crippen LogP contribution in [0, 0.1) is 29.6 Å². The van der Waals surface area contributed by atoms with Crippen LogP contribution in [-0.2, 0) is 19.1 Å². The SMILES string of the molecule is CC#Cc1cc(-c2cnc([C@H]3[C@H]4CC[C@H](C4)N3C(=O)[C@@H](NC(=O)OC)C(C)C)[nH]2)ccc1-c1ccc(-c2cnc([C@H](C)N(CCC)C(=O)[C@@H](NC(=O)OC)C(C)C)[nH]2)cc1. The minimum atomic E-state index is -0.737. The summed E-state index contributed by atoms with van der Waals surface area (Å²) < 4.78 is 9.61. The maximum Gasteiger partial charge on any atom is 0.407 e. The van der Waals surface area contributed by atoms with Gasteiger partial charge in [0.15, 0.2) is 0 Å². The zero-order chi connectivity index (χ0) is 43.2. The molecule has 14 heteroatoms. The van der Waals surface area contributed by atoms with Crippen molar-refractivity contribution in [3.63, 3.8) is 0 Å². The first-order valence-electron chi connectivity index (χ1n) is 20.9. The van der Waals surface area contributed by atoms with E-state index in [-0.39, 0.29) is 47.7 Å². The number of amides is 4. The van der Waals surface area contributed by atoms with Crippen molar-refractivity contribution in [2.45, 2.75) is 104 Å². The molecule has 1 saturated heterocycles. The number of fused-ring (bicyclic) bond motifs is 2. The standard InChI is InChI=1S/C46H58N8O6/c1-10-12-31-22-32(37-25-48-42(50-37)40-33-17-19-34(23-33)54(40)44(56)39(27(5)6)52-46(58)60-9)18-20-35(31)29-13-15-30(16-14-29)36-24-47-41(49-36)28(7)53(21-11-2)43(55)38(26(3)4)51-45(57)59-8/h13-16,18,20,22,24-28,33-34,38-40H,11,17,19,21,23H2,1-9H3,(H,47,49)(H,48,50)(H,51,57)(H,52,58)/t28-,33-,34+,38-,39-,40+/m0/s1. The molecule has 0 spiro atoms. The number of imidazole rings is 2.